The Bertz CT molecular complexity index is 1050. The lowest BCUT2D eigenvalue weighted by Crippen LogP contribution is -2.31. The third-order valence-corrected chi connectivity index (χ3v) is 9.29. The Morgan fingerprint density at radius 3 is 2.58 bits per heavy atom. The van der Waals surface area contributed by atoms with Crippen LogP contribution in [0.25, 0.3) is 0 Å². The Morgan fingerprint density at radius 2 is 1.85 bits per heavy atom. The number of halogens is 1. The SMILES string of the molecule is CCN1CCc2c(sc(Br)c2CNC(=O)Nc2sc3c(c2C(=O)OC(C)(C)C)CCCC3)C1. The number of ether oxygens (including phenoxy) is 1. The van der Waals surface area contributed by atoms with Crippen LogP contribution >= 0.6 is 38.6 Å². The van der Waals surface area contributed by atoms with E-state index in [1.54, 1.807) is 11.3 Å². The van der Waals surface area contributed by atoms with Gasteiger partial charge in [0, 0.05) is 29.4 Å². The summed E-state index contributed by atoms with van der Waals surface area (Å²) < 4.78 is 6.76. The lowest BCUT2D eigenvalue weighted by molar-refractivity contribution is 0.00699. The van der Waals surface area contributed by atoms with Gasteiger partial charge in [0.05, 0.1) is 9.35 Å². The molecule has 1 aliphatic heterocycles. The number of carbonyl (C=O) groups excluding carboxylic acids is 2. The zero-order valence-corrected chi connectivity index (χ0v) is 22.9. The van der Waals surface area contributed by atoms with E-state index in [1.165, 1.54) is 32.2 Å². The van der Waals surface area contributed by atoms with Crippen molar-refractivity contribution in [3.05, 3.63) is 35.8 Å². The van der Waals surface area contributed by atoms with Crippen molar-refractivity contribution in [3.8, 4) is 0 Å². The van der Waals surface area contributed by atoms with Gasteiger partial charge >= 0.3 is 12.0 Å². The third kappa shape index (κ3) is 5.63. The fraction of sp³-hybridized carbons (Fsp3) is 0.583. The van der Waals surface area contributed by atoms with Crippen LogP contribution in [0, 0.1) is 0 Å². The molecule has 0 saturated heterocycles. The number of aryl methyl sites for hydroxylation is 1. The van der Waals surface area contributed by atoms with Gasteiger partial charge in [-0.2, -0.15) is 0 Å². The highest BCUT2D eigenvalue weighted by molar-refractivity contribution is 9.11. The molecule has 0 aromatic carbocycles. The van der Waals surface area contributed by atoms with Gasteiger partial charge in [-0.1, -0.05) is 6.92 Å². The molecule has 0 atom stereocenters. The summed E-state index contributed by atoms with van der Waals surface area (Å²) in [6, 6.07) is -0.295. The molecule has 0 bridgehead atoms. The smallest absolute Gasteiger partial charge is 0.341 e. The summed E-state index contributed by atoms with van der Waals surface area (Å²) in [5.74, 6) is -0.354. The van der Waals surface area contributed by atoms with Gasteiger partial charge in [0.25, 0.3) is 0 Å². The first-order chi connectivity index (χ1) is 15.7. The normalized spacial score (nSPS) is 16.2. The van der Waals surface area contributed by atoms with Crippen molar-refractivity contribution in [1.82, 2.24) is 10.2 Å². The van der Waals surface area contributed by atoms with E-state index in [2.05, 4.69) is 38.4 Å². The maximum Gasteiger partial charge on any atom is 0.341 e. The second-order valence-electron chi connectivity index (χ2n) is 9.60. The lowest BCUT2D eigenvalue weighted by atomic mass is 9.95. The molecular formula is C24H32BrN3O3S2. The van der Waals surface area contributed by atoms with Crippen molar-refractivity contribution in [2.45, 2.75) is 78.5 Å². The topological polar surface area (TPSA) is 70.7 Å². The van der Waals surface area contributed by atoms with E-state index in [0.717, 1.165) is 61.1 Å². The molecule has 0 fully saturated rings. The third-order valence-electron chi connectivity index (χ3n) is 6.07. The highest BCUT2D eigenvalue weighted by Crippen LogP contribution is 2.39. The van der Waals surface area contributed by atoms with Crippen molar-refractivity contribution < 1.29 is 14.3 Å². The Morgan fingerprint density at radius 1 is 1.09 bits per heavy atom. The quantitative estimate of drug-likeness (QED) is 0.438. The number of carbonyl (C=O) groups is 2. The molecule has 0 unspecified atom stereocenters. The average Bonchev–Trinajstić information content (AvgIpc) is 3.26. The van der Waals surface area contributed by atoms with Gasteiger partial charge in [0.1, 0.15) is 10.6 Å². The maximum atomic E-state index is 13.0. The minimum absolute atomic E-state index is 0.295. The molecule has 0 radical (unpaired) electrons. The monoisotopic (exact) mass is 553 g/mol. The first-order valence-electron chi connectivity index (χ1n) is 11.6. The van der Waals surface area contributed by atoms with Gasteiger partial charge in [-0.25, -0.2) is 9.59 Å². The summed E-state index contributed by atoms with van der Waals surface area (Å²) in [6.45, 7) is 11.3. The number of hydrogen-bond donors (Lipinski definition) is 2. The van der Waals surface area contributed by atoms with Crippen molar-refractivity contribution in [1.29, 1.82) is 0 Å². The van der Waals surface area contributed by atoms with Crippen molar-refractivity contribution in [2.75, 3.05) is 18.4 Å². The number of nitrogens with one attached hydrogen (secondary N) is 2. The first-order valence-corrected chi connectivity index (χ1v) is 14.0. The number of anilines is 1. The van der Waals surface area contributed by atoms with E-state index >= 15 is 0 Å². The zero-order chi connectivity index (χ0) is 23.8. The number of hydrogen-bond acceptors (Lipinski definition) is 6. The molecule has 33 heavy (non-hydrogen) atoms. The highest BCUT2D eigenvalue weighted by Gasteiger charge is 2.30. The Balaban J connectivity index is 1.48. The molecule has 9 heteroatoms. The van der Waals surface area contributed by atoms with E-state index in [4.69, 9.17) is 4.74 Å². The van der Waals surface area contributed by atoms with Crippen LogP contribution in [-0.4, -0.2) is 35.6 Å². The molecule has 2 N–H and O–H groups in total. The van der Waals surface area contributed by atoms with Gasteiger partial charge in [-0.05, 0) is 92.0 Å². The molecule has 2 aromatic rings. The average molecular weight is 555 g/mol. The second-order valence-corrected chi connectivity index (χ2v) is 13.1. The molecule has 2 aliphatic rings. The minimum Gasteiger partial charge on any atom is -0.456 e. The largest absolute Gasteiger partial charge is 0.456 e. The summed E-state index contributed by atoms with van der Waals surface area (Å²) in [7, 11) is 0. The number of urea groups is 1. The Hall–Kier alpha value is -1.42. The van der Waals surface area contributed by atoms with Crippen LogP contribution in [0.4, 0.5) is 9.80 Å². The number of rotatable bonds is 5. The highest BCUT2D eigenvalue weighted by atomic mass is 79.9. The Kier molecular flexibility index (Phi) is 7.53. The zero-order valence-electron chi connectivity index (χ0n) is 19.7. The number of nitrogens with zero attached hydrogens (tertiary/aromatic N) is 1. The van der Waals surface area contributed by atoms with Gasteiger partial charge < -0.3 is 10.1 Å². The molecular weight excluding hydrogens is 522 g/mol. The summed E-state index contributed by atoms with van der Waals surface area (Å²) in [6.07, 6.45) is 4.97. The van der Waals surface area contributed by atoms with E-state index in [-0.39, 0.29) is 12.0 Å². The van der Waals surface area contributed by atoms with E-state index < -0.39 is 5.60 Å². The van der Waals surface area contributed by atoms with E-state index in [1.807, 2.05) is 20.8 Å². The number of thiophene rings is 2. The number of esters is 1. The lowest BCUT2D eigenvalue weighted by Gasteiger charge is -2.25. The minimum atomic E-state index is -0.586. The molecule has 3 heterocycles. The summed E-state index contributed by atoms with van der Waals surface area (Å²) >= 11 is 6.98. The summed E-state index contributed by atoms with van der Waals surface area (Å²) in [5.41, 5.74) is 3.52. The van der Waals surface area contributed by atoms with E-state index in [9.17, 15) is 9.59 Å². The fourth-order valence-corrected chi connectivity index (χ4v) is 7.82. The molecule has 0 saturated carbocycles. The van der Waals surface area contributed by atoms with Crippen LogP contribution in [-0.2, 0) is 37.1 Å². The van der Waals surface area contributed by atoms with Crippen molar-refractivity contribution >= 4 is 55.6 Å². The van der Waals surface area contributed by atoms with Crippen LogP contribution in [0.2, 0.25) is 0 Å². The van der Waals surface area contributed by atoms with Crippen LogP contribution in [0.1, 0.15) is 77.3 Å². The predicted octanol–water partition coefficient (Wildman–Crippen LogP) is 6.11. The van der Waals surface area contributed by atoms with E-state index in [0.29, 0.717) is 17.1 Å². The number of fused-ring (bicyclic) bond motifs is 2. The van der Waals surface area contributed by atoms with Crippen molar-refractivity contribution in [3.63, 3.8) is 0 Å². The predicted molar refractivity (Wildman–Crippen MR) is 139 cm³/mol. The summed E-state index contributed by atoms with van der Waals surface area (Å²) in [5, 5.41) is 6.57. The summed E-state index contributed by atoms with van der Waals surface area (Å²) in [4.78, 5) is 30.9. The van der Waals surface area contributed by atoms with Crippen molar-refractivity contribution in [2.24, 2.45) is 0 Å². The molecule has 6 nitrogen and oxygen atoms in total. The molecule has 2 amide bonds. The standard InChI is InChI=1S/C24H32BrN3O3S2/c1-5-28-11-10-14-16(20(25)32-18(14)13-28)12-26-23(30)27-21-19(22(29)31-24(2,3)4)15-8-6-7-9-17(15)33-21/h5-13H2,1-4H3,(H2,26,27,30). The molecule has 4 rings (SSSR count). The fourth-order valence-electron chi connectivity index (χ4n) is 4.45. The molecule has 2 aromatic heterocycles. The van der Waals surface area contributed by atoms with Gasteiger partial charge in [0.2, 0.25) is 0 Å². The van der Waals surface area contributed by atoms with Gasteiger partial charge in [-0.3, -0.25) is 10.2 Å². The van der Waals surface area contributed by atoms with Gasteiger partial charge in [0.15, 0.2) is 0 Å². The first kappa shape index (κ1) is 24.7. The molecule has 1 aliphatic carbocycles. The van der Waals surface area contributed by atoms with Crippen LogP contribution in [0.15, 0.2) is 3.79 Å². The van der Waals surface area contributed by atoms with Gasteiger partial charge in [-0.15, -0.1) is 22.7 Å². The number of likely N-dealkylation sites (N-methyl/N-ethyl adjacent to an activating group) is 1. The van der Waals surface area contributed by atoms with Crippen LogP contribution in [0.3, 0.4) is 0 Å². The number of amides is 2. The molecule has 180 valence electrons. The van der Waals surface area contributed by atoms with Crippen LogP contribution in [0.5, 0.6) is 0 Å². The maximum absolute atomic E-state index is 13.0. The molecule has 0 spiro atoms. The van der Waals surface area contributed by atoms with Crippen LogP contribution < -0.4 is 10.6 Å². The second kappa shape index (κ2) is 10.1. The Labute approximate surface area is 212 Å².